The van der Waals surface area contributed by atoms with Crippen LogP contribution >= 0.6 is 0 Å². The Labute approximate surface area is 319 Å². The number of hydrogen-bond donors (Lipinski definition) is 4. The van der Waals surface area contributed by atoms with Crippen molar-refractivity contribution in [2.45, 2.75) is 232 Å². The third-order valence-corrected chi connectivity index (χ3v) is 11.1. The van der Waals surface area contributed by atoms with Crippen molar-refractivity contribution in [1.82, 2.24) is 0 Å². The molecule has 0 aliphatic heterocycles. The summed E-state index contributed by atoms with van der Waals surface area (Å²) in [5.74, 6) is 0. The molecular weight excluding hydrogens is 629 g/mol. The summed E-state index contributed by atoms with van der Waals surface area (Å²) >= 11 is 0. The number of aliphatic hydroxyl groups excluding tert-OH is 4. The summed E-state index contributed by atoms with van der Waals surface area (Å²) in [5, 5.41) is 34.0. The topological polar surface area (TPSA) is 80.9 Å². The van der Waals surface area contributed by atoms with E-state index in [1.165, 1.54) is 218 Å². The van der Waals surface area contributed by atoms with Crippen LogP contribution in [-0.4, -0.2) is 46.9 Å². The molecule has 0 atom stereocenters. The molecule has 0 bridgehead atoms. The summed E-state index contributed by atoms with van der Waals surface area (Å²) in [6.45, 7) is 2.99. The minimum absolute atomic E-state index is 0.406. The Hall–Kier alpha value is -0.940. The van der Waals surface area contributed by atoms with Gasteiger partial charge in [-0.25, -0.2) is 0 Å². The zero-order valence-corrected chi connectivity index (χ0v) is 34.5. The Bertz CT molecular complexity index is 720. The van der Waals surface area contributed by atoms with Crippen LogP contribution in [0.3, 0.4) is 0 Å². The van der Waals surface area contributed by atoms with Gasteiger partial charge in [0.2, 0.25) is 0 Å². The van der Waals surface area contributed by atoms with E-state index in [4.69, 9.17) is 20.4 Å². The third kappa shape index (κ3) is 32.2. The van der Waals surface area contributed by atoms with Crippen molar-refractivity contribution in [3.8, 4) is 0 Å². The zero-order chi connectivity index (χ0) is 37.4. The monoisotopic (exact) mass is 719 g/mol. The molecule has 0 unspecified atom stereocenters. The maximum Gasteiger partial charge on any atom is 0.0627 e. The summed E-state index contributed by atoms with van der Waals surface area (Å²) in [7, 11) is 0. The molecule has 51 heavy (non-hydrogen) atoms. The van der Waals surface area contributed by atoms with Crippen molar-refractivity contribution in [1.29, 1.82) is 0 Å². The lowest BCUT2D eigenvalue weighted by Crippen LogP contribution is -2.37. The molecule has 1 rings (SSSR count). The van der Waals surface area contributed by atoms with Crippen LogP contribution in [-0.2, 0) is 12.8 Å². The molecule has 0 fully saturated rings. The smallest absolute Gasteiger partial charge is 0.0627 e. The van der Waals surface area contributed by atoms with Gasteiger partial charge < -0.3 is 20.4 Å². The predicted molar refractivity (Wildman–Crippen MR) is 224 cm³/mol. The molecule has 0 aliphatic rings. The number of hydrogen-bond acceptors (Lipinski definition) is 4. The molecule has 0 aromatic heterocycles. The van der Waals surface area contributed by atoms with E-state index in [0.29, 0.717) is 0 Å². The fourth-order valence-electron chi connectivity index (χ4n) is 7.07. The van der Waals surface area contributed by atoms with Crippen molar-refractivity contribution >= 4 is 0 Å². The van der Waals surface area contributed by atoms with Crippen molar-refractivity contribution in [3.05, 3.63) is 35.4 Å². The molecule has 0 aliphatic carbocycles. The van der Waals surface area contributed by atoms with Gasteiger partial charge in [-0.15, -0.1) is 0 Å². The minimum Gasteiger partial charge on any atom is -0.396 e. The molecule has 1 aromatic rings. The third-order valence-electron chi connectivity index (χ3n) is 11.1. The largest absolute Gasteiger partial charge is 0.396 e. The summed E-state index contributed by atoms with van der Waals surface area (Å²) in [5.41, 5.74) is 2.17. The second kappa shape index (κ2) is 40.2. The SMILES string of the molecule is CCCCCCCCCCCCCCCCCCc1ccccc1CCCCCCCCCCCCCCCCCC.OCC(CO)(CO)CO. The Kier molecular flexibility index (Phi) is 39.5. The van der Waals surface area contributed by atoms with E-state index in [2.05, 4.69) is 38.1 Å². The van der Waals surface area contributed by atoms with Gasteiger partial charge in [-0.3, -0.25) is 0 Å². The lowest BCUT2D eigenvalue weighted by Gasteiger charge is -2.23. The van der Waals surface area contributed by atoms with Gasteiger partial charge in [0.1, 0.15) is 0 Å². The fraction of sp³-hybridized carbons (Fsp3) is 0.872. The van der Waals surface area contributed by atoms with Crippen LogP contribution < -0.4 is 0 Å². The van der Waals surface area contributed by atoms with Gasteiger partial charge in [0.15, 0.2) is 0 Å². The van der Waals surface area contributed by atoms with Crippen LogP contribution in [0.25, 0.3) is 0 Å². The van der Waals surface area contributed by atoms with Crippen LogP contribution in [0, 0.1) is 5.41 Å². The molecule has 0 heterocycles. The van der Waals surface area contributed by atoms with Gasteiger partial charge >= 0.3 is 0 Å². The van der Waals surface area contributed by atoms with E-state index < -0.39 is 31.8 Å². The first kappa shape index (κ1) is 50.1. The van der Waals surface area contributed by atoms with E-state index in [1.54, 1.807) is 11.1 Å². The Morgan fingerprint density at radius 2 is 0.510 bits per heavy atom. The average Bonchev–Trinajstić information content (AvgIpc) is 3.16. The number of benzene rings is 1. The molecular formula is C47H90O4. The Morgan fingerprint density at radius 3 is 0.686 bits per heavy atom. The number of unbranched alkanes of at least 4 members (excludes halogenated alkanes) is 30. The predicted octanol–water partition coefficient (Wildman–Crippen LogP) is 13.2. The van der Waals surface area contributed by atoms with Gasteiger partial charge in [-0.05, 0) is 36.8 Å². The highest BCUT2D eigenvalue weighted by molar-refractivity contribution is 5.27. The van der Waals surface area contributed by atoms with E-state index in [9.17, 15) is 0 Å². The van der Waals surface area contributed by atoms with Crippen LogP contribution in [0.15, 0.2) is 24.3 Å². The summed E-state index contributed by atoms with van der Waals surface area (Å²) in [4.78, 5) is 0. The standard InChI is InChI=1S/C42H78.C5H12O4/c1-3-5-7-9-11-13-15-17-19-21-23-25-27-29-31-33-37-41-39-35-36-40-42(41)38-34-32-30-28-26-24-22-20-18-16-14-12-10-8-6-4-2;6-1-5(2-7,3-8)4-9/h35-36,39-40H,3-34,37-38H2,1-2H3;6-9H,1-4H2. The van der Waals surface area contributed by atoms with Crippen molar-refractivity contribution in [2.24, 2.45) is 5.41 Å². The van der Waals surface area contributed by atoms with E-state index in [-0.39, 0.29) is 0 Å². The molecule has 0 saturated carbocycles. The zero-order valence-electron chi connectivity index (χ0n) is 34.5. The highest BCUT2D eigenvalue weighted by Crippen LogP contribution is 2.19. The van der Waals surface area contributed by atoms with E-state index in [0.717, 1.165) is 0 Å². The average molecular weight is 719 g/mol. The summed E-state index contributed by atoms with van der Waals surface area (Å²) in [6, 6.07) is 9.35. The van der Waals surface area contributed by atoms with Gasteiger partial charge in [-0.1, -0.05) is 231 Å². The van der Waals surface area contributed by atoms with Gasteiger partial charge in [0, 0.05) is 0 Å². The highest BCUT2D eigenvalue weighted by Gasteiger charge is 2.26. The van der Waals surface area contributed by atoms with Gasteiger partial charge in [0.25, 0.3) is 0 Å². The van der Waals surface area contributed by atoms with Crippen LogP contribution in [0.4, 0.5) is 0 Å². The van der Waals surface area contributed by atoms with Crippen molar-refractivity contribution in [3.63, 3.8) is 0 Å². The minimum atomic E-state index is -1.11. The molecule has 4 heteroatoms. The molecule has 0 radical (unpaired) electrons. The molecule has 0 spiro atoms. The van der Waals surface area contributed by atoms with E-state index >= 15 is 0 Å². The molecule has 0 amide bonds. The number of aryl methyl sites for hydroxylation is 2. The molecule has 4 nitrogen and oxygen atoms in total. The maximum atomic E-state index is 8.50. The highest BCUT2D eigenvalue weighted by atomic mass is 16.3. The first-order valence-corrected chi connectivity index (χ1v) is 22.6. The first-order valence-electron chi connectivity index (χ1n) is 22.6. The second-order valence-corrected chi connectivity index (χ2v) is 16.0. The van der Waals surface area contributed by atoms with Gasteiger partial charge in [-0.2, -0.15) is 0 Å². The maximum absolute atomic E-state index is 8.50. The molecule has 302 valence electrons. The molecule has 4 N–H and O–H groups in total. The fourth-order valence-corrected chi connectivity index (χ4v) is 7.07. The van der Waals surface area contributed by atoms with Gasteiger partial charge in [0.05, 0.1) is 31.8 Å². The lowest BCUT2D eigenvalue weighted by atomic mass is 9.93. The van der Waals surface area contributed by atoms with Crippen molar-refractivity contribution in [2.75, 3.05) is 26.4 Å². The number of rotatable bonds is 38. The first-order chi connectivity index (χ1) is 25.1. The van der Waals surface area contributed by atoms with Crippen LogP contribution in [0.2, 0.25) is 0 Å². The van der Waals surface area contributed by atoms with Crippen LogP contribution in [0.1, 0.15) is 230 Å². The second-order valence-electron chi connectivity index (χ2n) is 16.0. The lowest BCUT2D eigenvalue weighted by molar-refractivity contribution is -0.0328. The summed E-state index contributed by atoms with van der Waals surface area (Å²) in [6.07, 6.45) is 49.1. The molecule has 0 saturated heterocycles. The summed E-state index contributed by atoms with van der Waals surface area (Å²) < 4.78 is 0. The molecule has 1 aromatic carbocycles. The Balaban J connectivity index is 0.00000243. The van der Waals surface area contributed by atoms with Crippen LogP contribution in [0.5, 0.6) is 0 Å². The number of aliphatic hydroxyl groups is 4. The van der Waals surface area contributed by atoms with Crippen molar-refractivity contribution < 1.29 is 20.4 Å². The van der Waals surface area contributed by atoms with E-state index in [1.807, 2.05) is 0 Å². The normalized spacial score (nSPS) is 11.6. The Morgan fingerprint density at radius 1 is 0.314 bits per heavy atom. The quantitative estimate of drug-likeness (QED) is 0.0513.